The zero-order valence-corrected chi connectivity index (χ0v) is 13.6. The lowest BCUT2D eigenvalue weighted by molar-refractivity contribution is -0.142. The summed E-state index contributed by atoms with van der Waals surface area (Å²) in [5.74, 6) is -0.483. The highest BCUT2D eigenvalue weighted by molar-refractivity contribution is 7.89. The number of nitrogens with two attached hydrogens (primary N) is 1. The number of sulfonamides is 1. The van der Waals surface area contributed by atoms with Crippen molar-refractivity contribution < 1.29 is 17.9 Å². The van der Waals surface area contributed by atoms with Crippen LogP contribution in [0.5, 0.6) is 0 Å². The summed E-state index contributed by atoms with van der Waals surface area (Å²) in [4.78, 5) is 11.1. The Labute approximate surface area is 133 Å². The number of carbonyl (C=O) groups excluding carboxylic acids is 1. The van der Waals surface area contributed by atoms with Gasteiger partial charge in [-0.1, -0.05) is 29.9 Å². The summed E-state index contributed by atoms with van der Waals surface area (Å²) in [7, 11) is -3.86. The highest BCUT2D eigenvalue weighted by Gasteiger charge is 2.19. The van der Waals surface area contributed by atoms with Crippen LogP contribution < -0.4 is 10.5 Å². The third-order valence-corrected chi connectivity index (χ3v) is 4.61. The number of halogens is 1. The Kier molecular flexibility index (Phi) is 6.53. The second-order valence-electron chi connectivity index (χ2n) is 3.96. The molecule has 0 atom stereocenters. The first kappa shape index (κ1) is 17.8. The van der Waals surface area contributed by atoms with E-state index in [4.69, 9.17) is 34.3 Å². The zero-order chi connectivity index (χ0) is 16.0. The van der Waals surface area contributed by atoms with E-state index in [0.29, 0.717) is 5.56 Å². The molecular weight excluding hydrogens is 336 g/mol. The maximum atomic E-state index is 12.1. The van der Waals surface area contributed by atoms with Gasteiger partial charge in [-0.05, 0) is 19.1 Å². The molecule has 0 saturated carbocycles. The van der Waals surface area contributed by atoms with Crippen LogP contribution in [0.4, 0.5) is 0 Å². The molecule has 0 aliphatic heterocycles. The van der Waals surface area contributed by atoms with E-state index < -0.39 is 16.0 Å². The van der Waals surface area contributed by atoms with Crippen molar-refractivity contribution >= 4 is 44.8 Å². The van der Waals surface area contributed by atoms with Crippen LogP contribution in [0.25, 0.3) is 0 Å². The summed E-state index contributed by atoms with van der Waals surface area (Å²) in [6.07, 6.45) is -0.0698. The van der Waals surface area contributed by atoms with Crippen molar-refractivity contribution in [3.8, 4) is 0 Å². The molecular formula is C12H15ClN2O4S2. The van der Waals surface area contributed by atoms with Gasteiger partial charge >= 0.3 is 5.97 Å². The highest BCUT2D eigenvalue weighted by Crippen LogP contribution is 2.22. The van der Waals surface area contributed by atoms with Gasteiger partial charge in [0.2, 0.25) is 10.0 Å². The van der Waals surface area contributed by atoms with Gasteiger partial charge in [0.05, 0.1) is 18.1 Å². The first-order chi connectivity index (χ1) is 9.77. The average Bonchev–Trinajstić information content (AvgIpc) is 2.38. The van der Waals surface area contributed by atoms with Crippen molar-refractivity contribution in [1.82, 2.24) is 4.72 Å². The molecule has 6 nitrogen and oxygen atoms in total. The summed E-state index contributed by atoms with van der Waals surface area (Å²) in [5.41, 5.74) is 5.85. The quantitative estimate of drug-likeness (QED) is 0.566. The first-order valence-electron chi connectivity index (χ1n) is 6.02. The summed E-state index contributed by atoms with van der Waals surface area (Å²) in [6, 6.07) is 4.22. The fraction of sp³-hybridized carbons (Fsp3) is 0.333. The number of esters is 1. The van der Waals surface area contributed by atoms with E-state index in [1.807, 2.05) is 0 Å². The largest absolute Gasteiger partial charge is 0.466 e. The van der Waals surface area contributed by atoms with Crippen LogP contribution in [0.3, 0.4) is 0 Å². The molecule has 0 radical (unpaired) electrons. The van der Waals surface area contributed by atoms with Crippen LogP contribution in [-0.2, 0) is 19.6 Å². The number of carbonyl (C=O) groups is 1. The van der Waals surface area contributed by atoms with E-state index in [1.165, 1.54) is 18.2 Å². The molecule has 0 spiro atoms. The van der Waals surface area contributed by atoms with Gasteiger partial charge in [0.1, 0.15) is 9.88 Å². The molecule has 0 fully saturated rings. The van der Waals surface area contributed by atoms with Crippen molar-refractivity contribution in [3.63, 3.8) is 0 Å². The fourth-order valence-electron chi connectivity index (χ4n) is 1.46. The first-order valence-corrected chi connectivity index (χ1v) is 8.29. The number of hydrogen-bond acceptors (Lipinski definition) is 5. The molecule has 0 heterocycles. The van der Waals surface area contributed by atoms with Gasteiger partial charge in [-0.3, -0.25) is 4.79 Å². The normalized spacial score (nSPS) is 11.1. The van der Waals surface area contributed by atoms with Crippen molar-refractivity contribution in [3.05, 3.63) is 28.8 Å². The number of thiocarbonyl (C=S) groups is 1. The van der Waals surface area contributed by atoms with Gasteiger partial charge in [-0.15, -0.1) is 0 Å². The number of rotatable bonds is 7. The molecule has 9 heteroatoms. The molecule has 0 aliphatic carbocycles. The SMILES string of the molecule is CCOC(=O)CCNS(=O)(=O)c1cc(C(N)=S)ccc1Cl. The van der Waals surface area contributed by atoms with Crippen molar-refractivity contribution in [2.45, 2.75) is 18.2 Å². The van der Waals surface area contributed by atoms with E-state index in [-0.39, 0.29) is 34.5 Å². The molecule has 1 aromatic rings. The lowest BCUT2D eigenvalue weighted by atomic mass is 10.2. The molecule has 0 saturated heterocycles. The topological polar surface area (TPSA) is 98.5 Å². The van der Waals surface area contributed by atoms with Crippen molar-refractivity contribution in [2.75, 3.05) is 13.2 Å². The molecule has 0 aromatic heterocycles. The van der Waals surface area contributed by atoms with Gasteiger partial charge in [-0.25, -0.2) is 13.1 Å². The Morgan fingerprint density at radius 3 is 2.71 bits per heavy atom. The van der Waals surface area contributed by atoms with E-state index in [0.717, 1.165) is 0 Å². The molecule has 0 amide bonds. The lowest BCUT2D eigenvalue weighted by Crippen LogP contribution is -2.27. The van der Waals surface area contributed by atoms with E-state index >= 15 is 0 Å². The van der Waals surface area contributed by atoms with Crippen LogP contribution in [0.15, 0.2) is 23.1 Å². The fourth-order valence-corrected chi connectivity index (χ4v) is 3.14. The minimum Gasteiger partial charge on any atom is -0.466 e. The lowest BCUT2D eigenvalue weighted by Gasteiger charge is -2.09. The number of benzene rings is 1. The molecule has 1 rings (SSSR count). The van der Waals surface area contributed by atoms with E-state index in [1.54, 1.807) is 6.92 Å². The van der Waals surface area contributed by atoms with Crippen LogP contribution in [-0.4, -0.2) is 32.5 Å². The maximum Gasteiger partial charge on any atom is 0.307 e. The van der Waals surface area contributed by atoms with Gasteiger partial charge in [0.25, 0.3) is 0 Å². The molecule has 0 aliphatic rings. The Hall–Kier alpha value is -1.22. The molecule has 0 unspecified atom stereocenters. The average molecular weight is 351 g/mol. The standard InChI is InChI=1S/C12H15ClN2O4S2/c1-2-19-11(16)5-6-15-21(17,18)10-7-8(12(14)20)3-4-9(10)13/h3-4,7,15H,2,5-6H2,1H3,(H2,14,20). The maximum absolute atomic E-state index is 12.1. The van der Waals surface area contributed by atoms with E-state index in [9.17, 15) is 13.2 Å². The summed E-state index contributed by atoms with van der Waals surface area (Å²) < 4.78 is 31.2. The minimum atomic E-state index is -3.86. The van der Waals surface area contributed by atoms with E-state index in [2.05, 4.69) is 4.72 Å². The zero-order valence-electron chi connectivity index (χ0n) is 11.3. The molecule has 21 heavy (non-hydrogen) atoms. The third-order valence-electron chi connectivity index (χ3n) is 2.43. The van der Waals surface area contributed by atoms with Crippen LogP contribution >= 0.6 is 23.8 Å². The second-order valence-corrected chi connectivity index (χ2v) is 6.54. The van der Waals surface area contributed by atoms with Gasteiger partial charge in [-0.2, -0.15) is 0 Å². The molecule has 1 aromatic carbocycles. The van der Waals surface area contributed by atoms with Gasteiger partial charge in [0.15, 0.2) is 0 Å². The molecule has 3 N–H and O–H groups in total. The van der Waals surface area contributed by atoms with Crippen LogP contribution in [0, 0.1) is 0 Å². The Morgan fingerprint density at radius 2 is 2.14 bits per heavy atom. The Bertz CT molecular complexity index is 647. The number of ether oxygens (including phenoxy) is 1. The summed E-state index contributed by atoms with van der Waals surface area (Å²) in [5, 5.41) is 0.0404. The smallest absolute Gasteiger partial charge is 0.307 e. The minimum absolute atomic E-state index is 0.0404. The third kappa shape index (κ3) is 5.24. The summed E-state index contributed by atoms with van der Waals surface area (Å²) >= 11 is 10.7. The van der Waals surface area contributed by atoms with Crippen molar-refractivity contribution in [1.29, 1.82) is 0 Å². The van der Waals surface area contributed by atoms with Crippen LogP contribution in [0.1, 0.15) is 18.9 Å². The van der Waals surface area contributed by atoms with Crippen molar-refractivity contribution in [2.24, 2.45) is 5.73 Å². The van der Waals surface area contributed by atoms with Gasteiger partial charge in [0, 0.05) is 12.1 Å². The summed E-state index contributed by atoms with van der Waals surface area (Å²) in [6.45, 7) is 1.82. The van der Waals surface area contributed by atoms with Gasteiger partial charge < -0.3 is 10.5 Å². The Balaban J connectivity index is 2.85. The highest BCUT2D eigenvalue weighted by atomic mass is 35.5. The monoisotopic (exact) mass is 350 g/mol. The predicted molar refractivity (Wildman–Crippen MR) is 83.8 cm³/mol. The number of nitrogens with one attached hydrogen (secondary N) is 1. The molecule has 116 valence electrons. The molecule has 0 bridgehead atoms. The van der Waals surface area contributed by atoms with Crippen LogP contribution in [0.2, 0.25) is 5.02 Å². The second kappa shape index (κ2) is 7.69. The Morgan fingerprint density at radius 1 is 1.48 bits per heavy atom. The predicted octanol–water partition coefficient (Wildman–Crippen LogP) is 1.21. The number of hydrogen-bond donors (Lipinski definition) is 2.